The van der Waals surface area contributed by atoms with Crippen LogP contribution >= 0.6 is 23.4 Å². The van der Waals surface area contributed by atoms with E-state index in [1.807, 2.05) is 56.3 Å². The predicted octanol–water partition coefficient (Wildman–Crippen LogP) is 4.77. The number of hydrogen-bond acceptors (Lipinski definition) is 3. The molecule has 0 spiro atoms. The Morgan fingerprint density at radius 1 is 1.20 bits per heavy atom. The highest BCUT2D eigenvalue weighted by Gasteiger charge is 2.15. The van der Waals surface area contributed by atoms with E-state index in [4.69, 9.17) is 16.3 Å². The maximum atomic E-state index is 12.2. The molecule has 1 N–H and O–H groups in total. The number of amides is 1. The summed E-state index contributed by atoms with van der Waals surface area (Å²) >= 11 is 7.65. The lowest BCUT2D eigenvalue weighted by Gasteiger charge is -2.16. The lowest BCUT2D eigenvalue weighted by molar-refractivity contribution is -0.127. The molecule has 0 saturated heterocycles. The molecule has 1 atom stereocenters. The molecule has 25 heavy (non-hydrogen) atoms. The molecule has 0 aliphatic carbocycles. The molecule has 134 valence electrons. The van der Waals surface area contributed by atoms with Crippen molar-refractivity contribution in [3.05, 3.63) is 64.2 Å². The van der Waals surface area contributed by atoms with Crippen molar-refractivity contribution >= 4 is 29.3 Å². The molecule has 0 radical (unpaired) electrons. The van der Waals surface area contributed by atoms with Crippen molar-refractivity contribution in [3.63, 3.8) is 0 Å². The number of hydrogen-bond donors (Lipinski definition) is 1. The summed E-state index contributed by atoms with van der Waals surface area (Å²) < 4.78 is 5.79. The Morgan fingerprint density at radius 3 is 2.64 bits per heavy atom. The topological polar surface area (TPSA) is 38.3 Å². The largest absolute Gasteiger partial charge is 0.481 e. The van der Waals surface area contributed by atoms with Crippen LogP contribution in [-0.2, 0) is 10.5 Å². The van der Waals surface area contributed by atoms with Gasteiger partial charge in [-0.2, -0.15) is 11.8 Å². The van der Waals surface area contributed by atoms with E-state index in [2.05, 4.69) is 5.32 Å². The minimum Gasteiger partial charge on any atom is -0.481 e. The SMILES string of the molecule is Cc1ccc(C)c(O[C@H](C)C(=O)NCCSCc2ccc(Cl)cc2)c1. The molecule has 0 fully saturated rings. The molecular formula is C20H24ClNO2S. The lowest BCUT2D eigenvalue weighted by atomic mass is 10.1. The average molecular weight is 378 g/mol. The normalized spacial score (nSPS) is 11.8. The number of halogens is 1. The van der Waals surface area contributed by atoms with Gasteiger partial charge in [-0.15, -0.1) is 0 Å². The number of rotatable bonds is 8. The second-order valence-corrected chi connectivity index (χ2v) is 7.54. The first-order valence-electron chi connectivity index (χ1n) is 8.29. The highest BCUT2D eigenvalue weighted by Crippen LogP contribution is 2.20. The van der Waals surface area contributed by atoms with Crippen molar-refractivity contribution in [3.8, 4) is 5.75 Å². The zero-order valence-electron chi connectivity index (χ0n) is 14.8. The first-order valence-corrected chi connectivity index (χ1v) is 9.83. The summed E-state index contributed by atoms with van der Waals surface area (Å²) in [5.41, 5.74) is 3.38. The van der Waals surface area contributed by atoms with Crippen molar-refractivity contribution in [1.82, 2.24) is 5.32 Å². The molecular weight excluding hydrogens is 354 g/mol. The summed E-state index contributed by atoms with van der Waals surface area (Å²) in [6.45, 7) is 6.39. The van der Waals surface area contributed by atoms with Gasteiger partial charge in [-0.3, -0.25) is 4.79 Å². The third kappa shape index (κ3) is 6.63. The Hall–Kier alpha value is -1.65. The summed E-state index contributed by atoms with van der Waals surface area (Å²) in [5, 5.41) is 3.68. The minimum absolute atomic E-state index is 0.0898. The summed E-state index contributed by atoms with van der Waals surface area (Å²) in [5.74, 6) is 2.43. The Labute approximate surface area is 159 Å². The molecule has 0 aliphatic heterocycles. The van der Waals surface area contributed by atoms with Crippen LogP contribution in [0.2, 0.25) is 5.02 Å². The van der Waals surface area contributed by atoms with Crippen molar-refractivity contribution in [2.45, 2.75) is 32.6 Å². The van der Waals surface area contributed by atoms with Gasteiger partial charge in [-0.05, 0) is 55.7 Å². The lowest BCUT2D eigenvalue weighted by Crippen LogP contribution is -2.37. The molecule has 0 unspecified atom stereocenters. The van der Waals surface area contributed by atoms with Gasteiger partial charge in [-0.1, -0.05) is 35.9 Å². The number of aryl methyl sites for hydroxylation is 2. The number of thioether (sulfide) groups is 1. The summed E-state index contributed by atoms with van der Waals surface area (Å²) in [6.07, 6.45) is -0.512. The molecule has 0 aliphatic rings. The van der Waals surface area contributed by atoms with Crippen LogP contribution in [0.1, 0.15) is 23.6 Å². The Bertz CT molecular complexity index is 703. The van der Waals surface area contributed by atoms with Gasteiger partial charge in [0.05, 0.1) is 0 Å². The molecule has 0 saturated carbocycles. The Kier molecular flexibility index (Phi) is 7.66. The summed E-state index contributed by atoms with van der Waals surface area (Å²) in [7, 11) is 0. The zero-order valence-corrected chi connectivity index (χ0v) is 16.4. The van der Waals surface area contributed by atoms with Crippen LogP contribution < -0.4 is 10.1 Å². The van der Waals surface area contributed by atoms with Crippen LogP contribution in [0, 0.1) is 13.8 Å². The van der Waals surface area contributed by atoms with Crippen LogP contribution in [0.5, 0.6) is 5.75 Å². The summed E-state index contributed by atoms with van der Waals surface area (Å²) in [6, 6.07) is 13.8. The fourth-order valence-corrected chi connectivity index (χ4v) is 3.18. The van der Waals surface area contributed by atoms with Crippen LogP contribution in [0.15, 0.2) is 42.5 Å². The van der Waals surface area contributed by atoms with Gasteiger partial charge in [0.2, 0.25) is 0 Å². The zero-order chi connectivity index (χ0) is 18.2. The smallest absolute Gasteiger partial charge is 0.260 e. The number of ether oxygens (including phenoxy) is 1. The second kappa shape index (κ2) is 9.73. The van der Waals surface area contributed by atoms with E-state index in [0.29, 0.717) is 6.54 Å². The van der Waals surface area contributed by atoms with Crippen LogP contribution in [-0.4, -0.2) is 24.3 Å². The van der Waals surface area contributed by atoms with Crippen LogP contribution in [0.3, 0.4) is 0 Å². The molecule has 5 heteroatoms. The third-order valence-electron chi connectivity index (χ3n) is 3.74. The van der Waals surface area contributed by atoms with Crippen LogP contribution in [0.4, 0.5) is 0 Å². The molecule has 0 aromatic heterocycles. The molecule has 0 bridgehead atoms. The molecule has 0 heterocycles. The average Bonchev–Trinajstić information content (AvgIpc) is 2.59. The van der Waals surface area contributed by atoms with E-state index in [9.17, 15) is 4.79 Å². The standard InChI is InChI=1S/C20H24ClNO2S/c1-14-4-5-15(2)19(12-14)24-16(3)20(23)22-10-11-25-13-17-6-8-18(21)9-7-17/h4-9,12,16H,10-11,13H2,1-3H3,(H,22,23)/t16-/m1/s1. The summed E-state index contributed by atoms with van der Waals surface area (Å²) in [4.78, 5) is 12.2. The van der Waals surface area contributed by atoms with Gasteiger partial charge < -0.3 is 10.1 Å². The van der Waals surface area contributed by atoms with Gasteiger partial charge in [0, 0.05) is 23.1 Å². The fourth-order valence-electron chi connectivity index (χ4n) is 2.24. The van der Waals surface area contributed by atoms with Gasteiger partial charge in [-0.25, -0.2) is 0 Å². The highest BCUT2D eigenvalue weighted by atomic mass is 35.5. The second-order valence-electron chi connectivity index (χ2n) is 6.00. The van der Waals surface area contributed by atoms with E-state index < -0.39 is 6.10 Å². The van der Waals surface area contributed by atoms with E-state index in [0.717, 1.165) is 33.4 Å². The van der Waals surface area contributed by atoms with Crippen molar-refractivity contribution in [2.24, 2.45) is 0 Å². The number of benzene rings is 2. The monoisotopic (exact) mass is 377 g/mol. The van der Waals surface area contributed by atoms with Crippen LogP contribution in [0.25, 0.3) is 0 Å². The van der Waals surface area contributed by atoms with Crippen molar-refractivity contribution < 1.29 is 9.53 Å². The van der Waals surface area contributed by atoms with Gasteiger partial charge in [0.25, 0.3) is 5.91 Å². The number of carbonyl (C=O) groups is 1. The molecule has 1 amide bonds. The van der Waals surface area contributed by atoms with E-state index in [1.54, 1.807) is 18.7 Å². The first kappa shape index (κ1) is 19.7. The van der Waals surface area contributed by atoms with E-state index >= 15 is 0 Å². The van der Waals surface area contributed by atoms with E-state index in [1.165, 1.54) is 5.56 Å². The molecule has 3 nitrogen and oxygen atoms in total. The minimum atomic E-state index is -0.512. The van der Waals surface area contributed by atoms with Gasteiger partial charge in [0.1, 0.15) is 5.75 Å². The van der Waals surface area contributed by atoms with Crippen molar-refractivity contribution in [2.75, 3.05) is 12.3 Å². The molecule has 2 aromatic rings. The first-order chi connectivity index (χ1) is 12.0. The number of carbonyl (C=O) groups excluding carboxylic acids is 1. The maximum Gasteiger partial charge on any atom is 0.260 e. The Morgan fingerprint density at radius 2 is 1.92 bits per heavy atom. The van der Waals surface area contributed by atoms with Gasteiger partial charge >= 0.3 is 0 Å². The highest BCUT2D eigenvalue weighted by molar-refractivity contribution is 7.98. The molecule has 2 rings (SSSR count). The maximum absolute atomic E-state index is 12.2. The van der Waals surface area contributed by atoms with Crippen molar-refractivity contribution in [1.29, 1.82) is 0 Å². The predicted molar refractivity (Wildman–Crippen MR) is 107 cm³/mol. The molecule has 2 aromatic carbocycles. The number of nitrogens with one attached hydrogen (secondary N) is 1. The quantitative estimate of drug-likeness (QED) is 0.673. The van der Waals surface area contributed by atoms with Gasteiger partial charge in [0.15, 0.2) is 6.10 Å². The Balaban J connectivity index is 1.69. The van der Waals surface area contributed by atoms with E-state index in [-0.39, 0.29) is 5.91 Å². The fraction of sp³-hybridized carbons (Fsp3) is 0.350. The third-order valence-corrected chi connectivity index (χ3v) is 5.03.